The molecule has 0 amide bonds. The van der Waals surface area contributed by atoms with Crippen LogP contribution in [0.4, 0.5) is 13.2 Å². The first-order valence-electron chi connectivity index (χ1n) is 4.72. The molecular weight excluding hydrogens is 253 g/mol. The Bertz CT molecular complexity index is 592. The van der Waals surface area contributed by atoms with Crippen LogP contribution in [-0.2, 0) is 4.74 Å². The number of halogens is 3. The van der Waals surface area contributed by atoms with Gasteiger partial charge in [0.1, 0.15) is 5.75 Å². The zero-order valence-electron chi connectivity index (χ0n) is 9.06. The van der Waals surface area contributed by atoms with Crippen molar-refractivity contribution in [3.63, 3.8) is 0 Å². The van der Waals surface area contributed by atoms with Crippen molar-refractivity contribution in [1.82, 2.24) is 9.38 Å². The van der Waals surface area contributed by atoms with Gasteiger partial charge < -0.3 is 9.47 Å². The summed E-state index contributed by atoms with van der Waals surface area (Å²) in [4.78, 5) is 15.1. The van der Waals surface area contributed by atoms with E-state index >= 15 is 0 Å². The Morgan fingerprint density at radius 2 is 2.11 bits per heavy atom. The first kappa shape index (κ1) is 12.2. The molecule has 0 aliphatic rings. The van der Waals surface area contributed by atoms with E-state index in [2.05, 4.69) is 14.5 Å². The molecule has 0 aromatic carbocycles. The molecule has 0 radical (unpaired) electrons. The van der Waals surface area contributed by atoms with Gasteiger partial charge in [-0.25, -0.2) is 9.78 Å². The third kappa shape index (κ3) is 2.36. The van der Waals surface area contributed by atoms with Crippen LogP contribution in [0.3, 0.4) is 0 Å². The molecule has 18 heavy (non-hydrogen) atoms. The zero-order chi connectivity index (χ0) is 13.3. The van der Waals surface area contributed by atoms with E-state index in [0.29, 0.717) is 5.52 Å². The van der Waals surface area contributed by atoms with E-state index in [0.717, 1.165) is 23.8 Å². The average Bonchev–Trinajstić information content (AvgIpc) is 2.69. The highest BCUT2D eigenvalue weighted by atomic mass is 19.4. The number of methoxy groups -OCH3 is 1. The second-order valence-corrected chi connectivity index (χ2v) is 3.28. The number of aromatic nitrogens is 2. The Balaban J connectivity index is 2.45. The summed E-state index contributed by atoms with van der Waals surface area (Å²) in [5.41, 5.74) is 0.449. The van der Waals surface area contributed by atoms with Crippen LogP contribution < -0.4 is 4.74 Å². The fourth-order valence-corrected chi connectivity index (χ4v) is 1.41. The predicted molar refractivity (Wildman–Crippen MR) is 53.2 cm³/mol. The van der Waals surface area contributed by atoms with E-state index in [1.165, 1.54) is 12.3 Å². The minimum atomic E-state index is -4.79. The van der Waals surface area contributed by atoms with Gasteiger partial charge in [0.25, 0.3) is 0 Å². The standard InChI is InChI=1S/C10H7F3N2O3/c1-17-9(16)8-14-4-6-2-3-7(5-15(6)8)18-10(11,12)13/h2-5H,1H3. The van der Waals surface area contributed by atoms with Gasteiger partial charge in [0.15, 0.2) is 0 Å². The zero-order valence-corrected chi connectivity index (χ0v) is 9.06. The van der Waals surface area contributed by atoms with Crippen molar-refractivity contribution >= 4 is 11.5 Å². The number of nitrogens with zero attached hydrogens (tertiary/aromatic N) is 2. The normalized spacial score (nSPS) is 11.6. The second-order valence-electron chi connectivity index (χ2n) is 3.28. The molecule has 0 spiro atoms. The summed E-state index contributed by atoms with van der Waals surface area (Å²) in [5, 5.41) is 0. The van der Waals surface area contributed by atoms with Crippen molar-refractivity contribution < 1.29 is 27.4 Å². The number of esters is 1. The van der Waals surface area contributed by atoms with Crippen LogP contribution in [0.1, 0.15) is 10.6 Å². The lowest BCUT2D eigenvalue weighted by molar-refractivity contribution is -0.274. The van der Waals surface area contributed by atoms with Crippen LogP contribution in [-0.4, -0.2) is 28.8 Å². The molecule has 8 heteroatoms. The number of hydrogen-bond donors (Lipinski definition) is 0. The molecule has 0 fully saturated rings. The highest BCUT2D eigenvalue weighted by molar-refractivity contribution is 5.86. The molecule has 0 bridgehead atoms. The maximum absolute atomic E-state index is 12.1. The van der Waals surface area contributed by atoms with Gasteiger partial charge in [-0.15, -0.1) is 13.2 Å². The Morgan fingerprint density at radius 1 is 1.39 bits per heavy atom. The van der Waals surface area contributed by atoms with E-state index in [1.54, 1.807) is 0 Å². The Hall–Kier alpha value is -2.25. The summed E-state index contributed by atoms with van der Waals surface area (Å²) in [6, 6.07) is 2.48. The first-order chi connectivity index (χ1) is 8.40. The van der Waals surface area contributed by atoms with Gasteiger partial charge in [-0.3, -0.25) is 4.40 Å². The summed E-state index contributed by atoms with van der Waals surface area (Å²) in [7, 11) is 1.15. The van der Waals surface area contributed by atoms with Gasteiger partial charge in [0, 0.05) is 0 Å². The van der Waals surface area contributed by atoms with Gasteiger partial charge in [-0.05, 0) is 12.1 Å². The molecule has 5 nitrogen and oxygen atoms in total. The van der Waals surface area contributed by atoms with Gasteiger partial charge in [0.05, 0.1) is 25.0 Å². The van der Waals surface area contributed by atoms with E-state index in [1.807, 2.05) is 0 Å². The van der Waals surface area contributed by atoms with Crippen molar-refractivity contribution in [2.24, 2.45) is 0 Å². The lowest BCUT2D eigenvalue weighted by atomic mass is 10.4. The predicted octanol–water partition coefficient (Wildman–Crippen LogP) is 2.02. The summed E-state index contributed by atoms with van der Waals surface area (Å²) in [6.45, 7) is 0. The van der Waals surface area contributed by atoms with Gasteiger partial charge in [-0.2, -0.15) is 0 Å². The van der Waals surface area contributed by atoms with Crippen LogP contribution in [0.2, 0.25) is 0 Å². The largest absolute Gasteiger partial charge is 0.573 e. The molecular formula is C10H7F3N2O3. The number of imidazole rings is 1. The number of hydrogen-bond acceptors (Lipinski definition) is 4. The lowest BCUT2D eigenvalue weighted by Gasteiger charge is -2.09. The minimum Gasteiger partial charge on any atom is -0.463 e. The molecule has 2 rings (SSSR count). The number of carbonyl (C=O) groups is 1. The highest BCUT2D eigenvalue weighted by Crippen LogP contribution is 2.23. The fraction of sp³-hybridized carbons (Fsp3) is 0.200. The average molecular weight is 260 g/mol. The van der Waals surface area contributed by atoms with Gasteiger partial charge >= 0.3 is 12.3 Å². The maximum Gasteiger partial charge on any atom is 0.573 e. The number of alkyl halides is 3. The van der Waals surface area contributed by atoms with E-state index in [4.69, 9.17) is 0 Å². The molecule has 0 unspecified atom stereocenters. The molecule has 0 saturated carbocycles. The SMILES string of the molecule is COC(=O)c1ncc2ccc(OC(F)(F)F)cn12. The Kier molecular flexibility index (Phi) is 2.85. The van der Waals surface area contributed by atoms with E-state index < -0.39 is 18.1 Å². The Morgan fingerprint density at radius 3 is 2.72 bits per heavy atom. The summed E-state index contributed by atoms with van der Waals surface area (Å²) >= 11 is 0. The number of carbonyl (C=O) groups excluding carboxylic acids is 1. The molecule has 0 atom stereocenters. The Labute approximate surface area is 98.7 Å². The topological polar surface area (TPSA) is 52.8 Å². The molecule has 96 valence electrons. The van der Waals surface area contributed by atoms with Crippen LogP contribution in [0.5, 0.6) is 5.75 Å². The van der Waals surface area contributed by atoms with E-state index in [-0.39, 0.29) is 5.82 Å². The second kappa shape index (κ2) is 4.21. The molecule has 0 N–H and O–H groups in total. The number of fused-ring (bicyclic) bond motifs is 1. The quantitative estimate of drug-likeness (QED) is 0.775. The summed E-state index contributed by atoms with van der Waals surface area (Å²) in [5.74, 6) is -1.32. The minimum absolute atomic E-state index is 0.125. The smallest absolute Gasteiger partial charge is 0.463 e. The van der Waals surface area contributed by atoms with Crippen molar-refractivity contribution in [3.8, 4) is 5.75 Å². The lowest BCUT2D eigenvalue weighted by Crippen LogP contribution is -2.17. The van der Waals surface area contributed by atoms with Crippen molar-refractivity contribution in [2.45, 2.75) is 6.36 Å². The van der Waals surface area contributed by atoms with Crippen LogP contribution in [0, 0.1) is 0 Å². The van der Waals surface area contributed by atoms with Gasteiger partial charge in [0.2, 0.25) is 5.82 Å². The molecule has 0 aliphatic heterocycles. The number of pyridine rings is 1. The van der Waals surface area contributed by atoms with Crippen LogP contribution in [0.25, 0.3) is 5.52 Å². The fourth-order valence-electron chi connectivity index (χ4n) is 1.41. The molecule has 0 saturated heterocycles. The van der Waals surface area contributed by atoms with Crippen molar-refractivity contribution in [2.75, 3.05) is 7.11 Å². The van der Waals surface area contributed by atoms with Crippen LogP contribution >= 0.6 is 0 Å². The maximum atomic E-state index is 12.1. The number of rotatable bonds is 2. The van der Waals surface area contributed by atoms with Gasteiger partial charge in [-0.1, -0.05) is 0 Å². The highest BCUT2D eigenvalue weighted by Gasteiger charge is 2.31. The summed E-state index contributed by atoms with van der Waals surface area (Å²) in [6.07, 6.45) is -2.44. The molecule has 2 aromatic rings. The molecule has 2 aromatic heterocycles. The van der Waals surface area contributed by atoms with Crippen molar-refractivity contribution in [3.05, 3.63) is 30.4 Å². The molecule has 2 heterocycles. The monoisotopic (exact) mass is 260 g/mol. The first-order valence-corrected chi connectivity index (χ1v) is 4.72. The number of ether oxygens (including phenoxy) is 2. The third-order valence-electron chi connectivity index (χ3n) is 2.10. The van der Waals surface area contributed by atoms with E-state index in [9.17, 15) is 18.0 Å². The molecule has 0 aliphatic carbocycles. The third-order valence-corrected chi connectivity index (χ3v) is 2.10. The van der Waals surface area contributed by atoms with Crippen LogP contribution in [0.15, 0.2) is 24.5 Å². The summed E-state index contributed by atoms with van der Waals surface area (Å²) < 4.78 is 45.5. The van der Waals surface area contributed by atoms with Crippen molar-refractivity contribution in [1.29, 1.82) is 0 Å².